The van der Waals surface area contributed by atoms with E-state index in [1.165, 1.54) is 18.2 Å². The average molecular weight is 225 g/mol. The summed E-state index contributed by atoms with van der Waals surface area (Å²) in [7, 11) is 0. The molecule has 0 aromatic heterocycles. The van der Waals surface area contributed by atoms with Gasteiger partial charge in [0, 0.05) is 5.69 Å². The zero-order chi connectivity index (χ0) is 12.0. The second-order valence-electron chi connectivity index (χ2n) is 3.13. The minimum atomic E-state index is -0.543. The van der Waals surface area contributed by atoms with Crippen LogP contribution in [0.2, 0.25) is 0 Å². The van der Waals surface area contributed by atoms with Crippen LogP contribution in [-0.2, 0) is 9.59 Å². The molecule has 86 valence electrons. The van der Waals surface area contributed by atoms with Crippen molar-refractivity contribution in [3.05, 3.63) is 30.1 Å². The van der Waals surface area contributed by atoms with Crippen LogP contribution in [0.5, 0.6) is 0 Å². The molecule has 1 aromatic rings. The summed E-state index contributed by atoms with van der Waals surface area (Å²) in [6, 6.07) is 5.53. The number of anilines is 1. The number of hydrogen-bond donors (Lipinski definition) is 3. The second-order valence-corrected chi connectivity index (χ2v) is 3.13. The van der Waals surface area contributed by atoms with Gasteiger partial charge in [0.15, 0.2) is 0 Å². The summed E-state index contributed by atoms with van der Waals surface area (Å²) < 4.78 is 12.7. The number of amides is 2. The molecule has 6 heteroatoms. The van der Waals surface area contributed by atoms with Gasteiger partial charge in [-0.2, -0.15) is 0 Å². The number of nitrogens with two attached hydrogens (primary N) is 1. The molecule has 1 rings (SSSR count). The van der Waals surface area contributed by atoms with Crippen LogP contribution >= 0.6 is 0 Å². The number of carbonyl (C=O) groups excluding carboxylic acids is 2. The van der Waals surface area contributed by atoms with E-state index in [-0.39, 0.29) is 19.0 Å². The Labute approximate surface area is 91.8 Å². The molecule has 0 aliphatic carbocycles. The molecule has 2 amide bonds. The monoisotopic (exact) mass is 225 g/mol. The van der Waals surface area contributed by atoms with Gasteiger partial charge in [-0.25, -0.2) is 4.39 Å². The first kappa shape index (κ1) is 12.1. The Hall–Kier alpha value is -1.95. The molecule has 5 nitrogen and oxygen atoms in total. The summed E-state index contributed by atoms with van der Waals surface area (Å²) in [5.74, 6) is -1.34. The van der Waals surface area contributed by atoms with Gasteiger partial charge in [-0.15, -0.1) is 0 Å². The van der Waals surface area contributed by atoms with Gasteiger partial charge in [-0.3, -0.25) is 14.9 Å². The van der Waals surface area contributed by atoms with Crippen molar-refractivity contribution in [3.63, 3.8) is 0 Å². The third kappa shape index (κ3) is 4.52. The Kier molecular flexibility index (Phi) is 4.41. The van der Waals surface area contributed by atoms with Crippen LogP contribution in [0.3, 0.4) is 0 Å². The van der Waals surface area contributed by atoms with E-state index in [0.717, 1.165) is 0 Å². The fraction of sp³-hybridized carbons (Fsp3) is 0.200. The summed E-state index contributed by atoms with van der Waals surface area (Å²) in [4.78, 5) is 21.6. The van der Waals surface area contributed by atoms with Crippen LogP contribution < -0.4 is 16.4 Å². The Balaban J connectivity index is 2.37. The molecule has 4 N–H and O–H groups in total. The van der Waals surface area contributed by atoms with Gasteiger partial charge in [0.2, 0.25) is 11.8 Å². The standard InChI is InChI=1S/C10H12FN3O2/c11-7-2-1-3-8(4-7)14-10(16)6-13-5-9(12)15/h1-4,13H,5-6H2,(H2,12,15)(H,14,16). The van der Waals surface area contributed by atoms with Crippen molar-refractivity contribution in [1.82, 2.24) is 5.32 Å². The molecule has 0 atom stereocenters. The normalized spacial score (nSPS) is 9.81. The Morgan fingerprint density at radius 2 is 2.06 bits per heavy atom. The average Bonchev–Trinajstić information content (AvgIpc) is 2.16. The summed E-state index contributed by atoms with van der Waals surface area (Å²) in [6.07, 6.45) is 0. The number of nitrogens with one attached hydrogen (secondary N) is 2. The molecule has 0 aliphatic rings. The minimum Gasteiger partial charge on any atom is -0.369 e. The predicted molar refractivity (Wildman–Crippen MR) is 57.1 cm³/mol. The summed E-state index contributed by atoms with van der Waals surface area (Å²) in [6.45, 7) is -0.129. The van der Waals surface area contributed by atoms with Crippen molar-refractivity contribution >= 4 is 17.5 Å². The Bertz CT molecular complexity index is 395. The lowest BCUT2D eigenvalue weighted by Crippen LogP contribution is -2.34. The maximum atomic E-state index is 12.7. The highest BCUT2D eigenvalue weighted by atomic mass is 19.1. The lowest BCUT2D eigenvalue weighted by atomic mass is 10.3. The smallest absolute Gasteiger partial charge is 0.238 e. The molecule has 0 spiro atoms. The molecule has 16 heavy (non-hydrogen) atoms. The highest BCUT2D eigenvalue weighted by Gasteiger charge is 2.03. The molecule has 0 saturated carbocycles. The van der Waals surface area contributed by atoms with E-state index < -0.39 is 11.7 Å². The molecule has 0 radical (unpaired) electrons. The van der Waals surface area contributed by atoms with E-state index in [4.69, 9.17) is 5.73 Å². The lowest BCUT2D eigenvalue weighted by Gasteiger charge is -2.05. The van der Waals surface area contributed by atoms with Gasteiger partial charge in [-0.1, -0.05) is 6.07 Å². The third-order valence-corrected chi connectivity index (χ3v) is 1.69. The highest BCUT2D eigenvalue weighted by Crippen LogP contribution is 2.08. The maximum absolute atomic E-state index is 12.7. The predicted octanol–water partition coefficient (Wildman–Crippen LogP) is -0.161. The van der Waals surface area contributed by atoms with Crippen LogP contribution in [0.1, 0.15) is 0 Å². The van der Waals surface area contributed by atoms with Crippen LogP contribution in [0.25, 0.3) is 0 Å². The van der Waals surface area contributed by atoms with E-state index >= 15 is 0 Å². The van der Waals surface area contributed by atoms with E-state index in [1.54, 1.807) is 6.07 Å². The minimum absolute atomic E-state index is 0.0561. The first-order chi connectivity index (χ1) is 7.58. The van der Waals surface area contributed by atoms with Gasteiger partial charge in [0.25, 0.3) is 0 Å². The zero-order valence-corrected chi connectivity index (χ0v) is 8.50. The molecule has 0 fully saturated rings. The Morgan fingerprint density at radius 1 is 1.31 bits per heavy atom. The highest BCUT2D eigenvalue weighted by molar-refractivity contribution is 5.92. The number of hydrogen-bond acceptors (Lipinski definition) is 3. The number of benzene rings is 1. The van der Waals surface area contributed by atoms with Crippen molar-refractivity contribution in [2.45, 2.75) is 0 Å². The summed E-state index contributed by atoms with van der Waals surface area (Å²) in [5.41, 5.74) is 5.23. The largest absolute Gasteiger partial charge is 0.369 e. The van der Waals surface area contributed by atoms with E-state index in [2.05, 4.69) is 10.6 Å². The van der Waals surface area contributed by atoms with Gasteiger partial charge >= 0.3 is 0 Å². The van der Waals surface area contributed by atoms with Crippen LogP contribution in [0, 0.1) is 5.82 Å². The number of halogens is 1. The molecule has 1 aromatic carbocycles. The third-order valence-electron chi connectivity index (χ3n) is 1.69. The fourth-order valence-electron chi connectivity index (χ4n) is 1.07. The molecule has 0 heterocycles. The SMILES string of the molecule is NC(=O)CNCC(=O)Nc1cccc(F)c1. The van der Waals surface area contributed by atoms with Gasteiger partial charge in [0.1, 0.15) is 5.82 Å². The first-order valence-electron chi connectivity index (χ1n) is 4.62. The van der Waals surface area contributed by atoms with Crippen LogP contribution in [-0.4, -0.2) is 24.9 Å². The molecular formula is C10H12FN3O2. The van der Waals surface area contributed by atoms with Crippen molar-refractivity contribution in [1.29, 1.82) is 0 Å². The van der Waals surface area contributed by atoms with Crippen molar-refractivity contribution in [2.75, 3.05) is 18.4 Å². The van der Waals surface area contributed by atoms with Gasteiger partial charge < -0.3 is 11.1 Å². The van der Waals surface area contributed by atoms with Crippen molar-refractivity contribution < 1.29 is 14.0 Å². The number of primary amides is 1. The molecule has 0 saturated heterocycles. The quantitative estimate of drug-likeness (QED) is 0.651. The first-order valence-corrected chi connectivity index (χ1v) is 4.62. The van der Waals surface area contributed by atoms with Gasteiger partial charge in [-0.05, 0) is 18.2 Å². The zero-order valence-electron chi connectivity index (χ0n) is 8.50. The summed E-state index contributed by atoms with van der Waals surface area (Å²) >= 11 is 0. The lowest BCUT2D eigenvalue weighted by molar-refractivity contribution is -0.117. The molecule has 0 bridgehead atoms. The van der Waals surface area contributed by atoms with E-state index in [9.17, 15) is 14.0 Å². The van der Waals surface area contributed by atoms with Crippen LogP contribution in [0.4, 0.5) is 10.1 Å². The van der Waals surface area contributed by atoms with Crippen molar-refractivity contribution in [2.24, 2.45) is 5.73 Å². The number of rotatable bonds is 5. The van der Waals surface area contributed by atoms with Crippen LogP contribution in [0.15, 0.2) is 24.3 Å². The maximum Gasteiger partial charge on any atom is 0.238 e. The topological polar surface area (TPSA) is 84.2 Å². The molecule has 0 unspecified atom stereocenters. The number of carbonyl (C=O) groups is 2. The summed E-state index contributed by atoms with van der Waals surface area (Å²) in [5, 5.41) is 5.00. The van der Waals surface area contributed by atoms with E-state index in [0.29, 0.717) is 5.69 Å². The Morgan fingerprint density at radius 3 is 2.69 bits per heavy atom. The fourth-order valence-corrected chi connectivity index (χ4v) is 1.07. The van der Waals surface area contributed by atoms with E-state index in [1.807, 2.05) is 0 Å². The van der Waals surface area contributed by atoms with Crippen molar-refractivity contribution in [3.8, 4) is 0 Å². The molecular weight excluding hydrogens is 213 g/mol. The molecule has 0 aliphatic heterocycles. The second kappa shape index (κ2) is 5.82. The van der Waals surface area contributed by atoms with Gasteiger partial charge in [0.05, 0.1) is 13.1 Å².